The summed E-state index contributed by atoms with van der Waals surface area (Å²) in [4.78, 5) is 24.5. The van der Waals surface area contributed by atoms with Crippen LogP contribution in [-0.4, -0.2) is 44.6 Å². The minimum Gasteiger partial charge on any atom is -0.465 e. The van der Waals surface area contributed by atoms with E-state index in [1.54, 1.807) is 48.5 Å². The van der Waals surface area contributed by atoms with Crippen molar-refractivity contribution in [3.63, 3.8) is 0 Å². The summed E-state index contributed by atoms with van der Waals surface area (Å²) in [5.41, 5.74) is 1.50. The monoisotopic (exact) mass is 371 g/mol. The van der Waals surface area contributed by atoms with E-state index in [9.17, 15) is 9.59 Å². The van der Waals surface area contributed by atoms with Crippen molar-refractivity contribution in [3.8, 4) is 0 Å². The van der Waals surface area contributed by atoms with Gasteiger partial charge in [0.2, 0.25) is 0 Å². The number of carbonyl (C=O) groups excluding carboxylic acids is 2. The zero-order valence-electron chi connectivity index (χ0n) is 16.2. The molecule has 1 unspecified atom stereocenters. The predicted octanol–water partition coefficient (Wildman–Crippen LogP) is 3.00. The summed E-state index contributed by atoms with van der Waals surface area (Å²) in [6.07, 6.45) is -2.63. The lowest BCUT2D eigenvalue weighted by Gasteiger charge is -2.20. The Balaban J connectivity index is 1.81. The molecule has 3 rings (SSSR count). The van der Waals surface area contributed by atoms with E-state index in [1.165, 1.54) is 14.2 Å². The molecule has 0 saturated carbocycles. The molecule has 0 aromatic heterocycles. The maximum absolute atomic E-state index is 12.5. The maximum atomic E-state index is 12.5. The van der Waals surface area contributed by atoms with Gasteiger partial charge in [0.05, 0.1) is 19.6 Å². The molecule has 1 saturated heterocycles. The first kappa shape index (κ1) is 17.7. The third kappa shape index (κ3) is 4.53. The molecule has 0 N–H and O–H groups in total. The highest BCUT2D eigenvalue weighted by atomic mass is 16.7. The number of methoxy groups -OCH3 is 2. The zero-order chi connectivity index (χ0) is 20.1. The van der Waals surface area contributed by atoms with Crippen molar-refractivity contribution >= 4 is 11.9 Å². The van der Waals surface area contributed by atoms with Gasteiger partial charge in [0.15, 0.2) is 6.27 Å². The average Bonchev–Trinajstić information content (AvgIpc) is 3.04. The Hall–Kier alpha value is -2.70. The van der Waals surface area contributed by atoms with Gasteiger partial charge in [-0.05, 0) is 23.8 Å². The first-order chi connectivity index (χ1) is 13.5. The Bertz CT molecular complexity index is 840. The quantitative estimate of drug-likeness (QED) is 0.727. The van der Waals surface area contributed by atoms with Gasteiger partial charge in [-0.15, -0.1) is 0 Å². The number of hydrogen-bond acceptors (Lipinski definition) is 6. The fourth-order valence-electron chi connectivity index (χ4n) is 3.01. The third-order valence-corrected chi connectivity index (χ3v) is 4.40. The van der Waals surface area contributed by atoms with Crippen LogP contribution in [0.25, 0.3) is 0 Å². The smallest absolute Gasteiger partial charge is 0.338 e. The van der Waals surface area contributed by atoms with E-state index in [1.807, 2.05) is 6.07 Å². The van der Waals surface area contributed by atoms with Gasteiger partial charge >= 0.3 is 11.9 Å². The molecular formula is C21H22O6. The van der Waals surface area contributed by atoms with Gasteiger partial charge in [-0.3, -0.25) is 0 Å². The Morgan fingerprint density at radius 3 is 2.48 bits per heavy atom. The SMILES string of the molecule is [2H]C1(OC)C[C@H](OC(=O)c2ccccc2)[C@@H](Cc2ccccc2C(=O)OC)O1. The molecule has 1 fully saturated rings. The lowest BCUT2D eigenvalue weighted by molar-refractivity contribution is -0.117. The van der Waals surface area contributed by atoms with Crippen LogP contribution in [0.2, 0.25) is 0 Å². The molecule has 1 aliphatic heterocycles. The first-order valence-corrected chi connectivity index (χ1v) is 8.61. The number of ether oxygens (including phenoxy) is 4. The molecule has 1 heterocycles. The highest BCUT2D eigenvalue weighted by Gasteiger charge is 2.38. The van der Waals surface area contributed by atoms with Gasteiger partial charge < -0.3 is 18.9 Å². The third-order valence-electron chi connectivity index (χ3n) is 4.40. The maximum Gasteiger partial charge on any atom is 0.338 e. The molecule has 27 heavy (non-hydrogen) atoms. The zero-order valence-corrected chi connectivity index (χ0v) is 15.2. The molecular weight excluding hydrogens is 348 g/mol. The molecule has 2 aromatic rings. The molecule has 1 aliphatic rings. The van der Waals surface area contributed by atoms with E-state index in [4.69, 9.17) is 20.3 Å². The van der Waals surface area contributed by atoms with E-state index in [-0.39, 0.29) is 12.8 Å². The van der Waals surface area contributed by atoms with Crippen LogP contribution in [-0.2, 0) is 25.4 Å². The average molecular weight is 371 g/mol. The Labute approximate surface area is 159 Å². The highest BCUT2D eigenvalue weighted by molar-refractivity contribution is 5.91. The van der Waals surface area contributed by atoms with Crippen molar-refractivity contribution in [1.82, 2.24) is 0 Å². The van der Waals surface area contributed by atoms with E-state index in [0.29, 0.717) is 16.7 Å². The van der Waals surface area contributed by atoms with Gasteiger partial charge in [-0.1, -0.05) is 36.4 Å². The second kappa shape index (κ2) is 8.79. The summed E-state index contributed by atoms with van der Waals surface area (Å²) in [6.45, 7) is 0. The Morgan fingerprint density at radius 1 is 1.07 bits per heavy atom. The second-order valence-electron chi connectivity index (χ2n) is 6.10. The van der Waals surface area contributed by atoms with Crippen LogP contribution in [0.1, 0.15) is 34.1 Å². The summed E-state index contributed by atoms with van der Waals surface area (Å²) in [6, 6.07) is 15.6. The predicted molar refractivity (Wildman–Crippen MR) is 97.4 cm³/mol. The molecule has 0 aliphatic carbocycles. The summed E-state index contributed by atoms with van der Waals surface area (Å²) < 4.78 is 29.6. The van der Waals surface area contributed by atoms with E-state index >= 15 is 0 Å². The van der Waals surface area contributed by atoms with E-state index in [0.717, 1.165) is 0 Å². The second-order valence-corrected chi connectivity index (χ2v) is 6.10. The molecule has 6 nitrogen and oxygen atoms in total. The van der Waals surface area contributed by atoms with Gasteiger partial charge in [0, 0.05) is 20.0 Å². The molecule has 3 atom stereocenters. The van der Waals surface area contributed by atoms with Crippen molar-refractivity contribution < 1.29 is 29.9 Å². The van der Waals surface area contributed by atoms with Crippen LogP contribution >= 0.6 is 0 Å². The van der Waals surface area contributed by atoms with Crippen molar-refractivity contribution in [2.45, 2.75) is 31.3 Å². The summed E-state index contributed by atoms with van der Waals surface area (Å²) in [5, 5.41) is 0. The van der Waals surface area contributed by atoms with Crippen LogP contribution in [0, 0.1) is 0 Å². The van der Waals surface area contributed by atoms with Gasteiger partial charge in [-0.2, -0.15) is 0 Å². The summed E-state index contributed by atoms with van der Waals surface area (Å²) in [7, 11) is 2.68. The van der Waals surface area contributed by atoms with Crippen molar-refractivity contribution in [1.29, 1.82) is 0 Å². The van der Waals surface area contributed by atoms with E-state index < -0.39 is 30.4 Å². The first-order valence-electron chi connectivity index (χ1n) is 9.11. The fraction of sp³-hybridized carbons (Fsp3) is 0.333. The molecule has 0 spiro atoms. The van der Waals surface area contributed by atoms with E-state index in [2.05, 4.69) is 0 Å². The molecule has 0 radical (unpaired) electrons. The normalized spacial score (nSPS) is 24.9. The molecule has 0 amide bonds. The number of carbonyl (C=O) groups is 2. The van der Waals surface area contributed by atoms with Gasteiger partial charge in [-0.25, -0.2) is 9.59 Å². The topological polar surface area (TPSA) is 71.1 Å². The van der Waals surface area contributed by atoms with Crippen LogP contribution in [0.5, 0.6) is 0 Å². The number of rotatable bonds is 6. The number of benzene rings is 2. The largest absolute Gasteiger partial charge is 0.465 e. The summed E-state index contributed by atoms with van der Waals surface area (Å²) >= 11 is 0. The molecule has 142 valence electrons. The van der Waals surface area contributed by atoms with Crippen molar-refractivity contribution in [2.75, 3.05) is 14.2 Å². The van der Waals surface area contributed by atoms with Crippen LogP contribution < -0.4 is 0 Å². The van der Waals surface area contributed by atoms with Gasteiger partial charge in [0.25, 0.3) is 0 Å². The standard InChI is InChI=1S/C21H22O6/c1-24-19-13-18(27-20(22)14-8-4-3-5-9-14)17(26-19)12-15-10-6-7-11-16(15)21(23)25-2/h3-11,17-19H,12-13H2,1-2H3/t17-,18+,19?/m1/s1/i19D. The molecule has 6 heteroatoms. The van der Waals surface area contributed by atoms with Crippen LogP contribution in [0.3, 0.4) is 0 Å². The number of hydrogen-bond donors (Lipinski definition) is 0. The fourth-order valence-corrected chi connectivity index (χ4v) is 3.01. The van der Waals surface area contributed by atoms with Crippen LogP contribution in [0.15, 0.2) is 54.6 Å². The minimum atomic E-state index is -1.62. The highest BCUT2D eigenvalue weighted by Crippen LogP contribution is 2.28. The van der Waals surface area contributed by atoms with Crippen molar-refractivity contribution in [3.05, 3.63) is 71.3 Å². The molecule has 0 bridgehead atoms. The summed E-state index contributed by atoms with van der Waals surface area (Å²) in [5.74, 6) is -0.962. The lowest BCUT2D eigenvalue weighted by Crippen LogP contribution is -2.29. The lowest BCUT2D eigenvalue weighted by atomic mass is 9.99. The Morgan fingerprint density at radius 2 is 1.78 bits per heavy atom. The van der Waals surface area contributed by atoms with Crippen LogP contribution in [0.4, 0.5) is 0 Å². The molecule has 2 aromatic carbocycles. The Kier molecular flexibility index (Phi) is 5.76. The van der Waals surface area contributed by atoms with Crippen molar-refractivity contribution in [2.24, 2.45) is 0 Å². The minimum absolute atomic E-state index is 0.0626. The number of esters is 2. The van der Waals surface area contributed by atoms with Gasteiger partial charge in [0.1, 0.15) is 12.2 Å².